The van der Waals surface area contributed by atoms with Gasteiger partial charge in [0, 0.05) is 19.2 Å². The number of cyclic esters (lactones) is 1. The number of nitrogens with one attached hydrogen (secondary N) is 1. The molecule has 1 amide bonds. The maximum absolute atomic E-state index is 13.0. The first kappa shape index (κ1) is 28.5. The standard InChI is InChI=1S/C25H33N2O9P/c28-21-15-19-14-20(26-36-17-23(29)27-11-7-5-8-12-27)10-6-3-1-2-4-9-13-34-25(30)24(19)22(16-21)35-18-37(31,32)33/h2,4,6,10,14-16,26,28H,1,3,5,7-9,11-13,17-18H2,(H2,31,32,33)/b4-2?,10-6?,20-14-. The lowest BCUT2D eigenvalue weighted by Gasteiger charge is -2.26. The Kier molecular flexibility index (Phi) is 10.8. The average Bonchev–Trinajstić information content (AvgIpc) is 2.85. The SMILES string of the molecule is O=C1OCCC=CCCC=C/C(NOCC(=O)N2CCCCC2)=C/c2cc(O)cc(OCP(=O)(O)O)c21. The number of carbonyl (C=O) groups is 2. The molecule has 1 saturated heterocycles. The van der Waals surface area contributed by atoms with Crippen LogP contribution in [-0.2, 0) is 18.9 Å². The number of likely N-dealkylation sites (tertiary alicyclic amines) is 1. The van der Waals surface area contributed by atoms with Crippen LogP contribution in [0.5, 0.6) is 11.5 Å². The molecular weight excluding hydrogens is 503 g/mol. The van der Waals surface area contributed by atoms with E-state index in [1.807, 2.05) is 18.2 Å². The molecule has 0 bridgehead atoms. The molecule has 2 aliphatic heterocycles. The Labute approximate surface area is 215 Å². The third-order valence-corrected chi connectivity index (χ3v) is 6.06. The van der Waals surface area contributed by atoms with Crippen molar-refractivity contribution in [3.8, 4) is 11.5 Å². The number of ether oxygens (including phenoxy) is 2. The maximum Gasteiger partial charge on any atom is 0.362 e. The number of esters is 1. The van der Waals surface area contributed by atoms with Crippen LogP contribution in [0.2, 0.25) is 0 Å². The summed E-state index contributed by atoms with van der Waals surface area (Å²) in [6, 6.07) is 2.38. The van der Waals surface area contributed by atoms with E-state index in [1.165, 1.54) is 12.1 Å². The first-order chi connectivity index (χ1) is 17.7. The largest absolute Gasteiger partial charge is 0.508 e. The predicted molar refractivity (Wildman–Crippen MR) is 136 cm³/mol. The number of aromatic hydroxyl groups is 1. The Morgan fingerprint density at radius 2 is 1.81 bits per heavy atom. The molecule has 2 aliphatic rings. The maximum atomic E-state index is 13.0. The van der Waals surface area contributed by atoms with Gasteiger partial charge >= 0.3 is 13.6 Å². The Bertz CT molecular complexity index is 1090. The van der Waals surface area contributed by atoms with Crippen molar-refractivity contribution in [1.29, 1.82) is 0 Å². The highest BCUT2D eigenvalue weighted by molar-refractivity contribution is 7.51. The number of hydroxylamine groups is 1. The van der Waals surface area contributed by atoms with Crippen molar-refractivity contribution >= 4 is 25.5 Å². The van der Waals surface area contributed by atoms with Crippen LogP contribution in [-0.4, -0.2) is 64.3 Å². The molecule has 0 spiro atoms. The molecule has 1 aromatic rings. The van der Waals surface area contributed by atoms with Crippen molar-refractivity contribution in [3.63, 3.8) is 0 Å². The van der Waals surface area contributed by atoms with E-state index < -0.39 is 19.9 Å². The van der Waals surface area contributed by atoms with Crippen molar-refractivity contribution in [3.05, 3.63) is 53.3 Å². The fourth-order valence-corrected chi connectivity index (χ4v) is 4.15. The molecule has 2 heterocycles. The molecule has 0 aromatic heterocycles. The van der Waals surface area contributed by atoms with Crippen molar-refractivity contribution in [2.45, 2.75) is 38.5 Å². The molecule has 1 aromatic carbocycles. The summed E-state index contributed by atoms with van der Waals surface area (Å²) >= 11 is 0. The van der Waals surface area contributed by atoms with Crippen LogP contribution in [0, 0.1) is 0 Å². The van der Waals surface area contributed by atoms with E-state index in [9.17, 15) is 29.0 Å². The molecule has 1 fully saturated rings. The monoisotopic (exact) mass is 536 g/mol. The predicted octanol–water partition coefficient (Wildman–Crippen LogP) is 3.23. The van der Waals surface area contributed by atoms with E-state index in [4.69, 9.17) is 14.3 Å². The van der Waals surface area contributed by atoms with E-state index >= 15 is 0 Å². The molecule has 0 aliphatic carbocycles. The minimum Gasteiger partial charge on any atom is -0.508 e. The zero-order valence-electron chi connectivity index (χ0n) is 20.5. The van der Waals surface area contributed by atoms with Crippen LogP contribution in [0.15, 0.2) is 42.1 Å². The second kappa shape index (κ2) is 14.0. The number of piperidine rings is 1. The summed E-state index contributed by atoms with van der Waals surface area (Å²) in [4.78, 5) is 51.1. The van der Waals surface area contributed by atoms with Crippen molar-refractivity contribution in [1.82, 2.24) is 10.4 Å². The van der Waals surface area contributed by atoms with Gasteiger partial charge in [-0.1, -0.05) is 18.2 Å². The first-order valence-corrected chi connectivity index (χ1v) is 13.9. The minimum atomic E-state index is -4.57. The summed E-state index contributed by atoms with van der Waals surface area (Å²) in [5, 5.41) is 10.3. The highest BCUT2D eigenvalue weighted by Gasteiger charge is 2.23. The van der Waals surface area contributed by atoms with E-state index in [-0.39, 0.29) is 41.7 Å². The summed E-state index contributed by atoms with van der Waals surface area (Å²) in [6.07, 6.45) is 12.9. The number of fused-ring (bicyclic) bond motifs is 1. The zero-order valence-corrected chi connectivity index (χ0v) is 21.4. The third kappa shape index (κ3) is 9.70. The van der Waals surface area contributed by atoms with Gasteiger partial charge in [0.05, 0.1) is 12.3 Å². The van der Waals surface area contributed by atoms with Crippen LogP contribution in [0.1, 0.15) is 54.4 Å². The number of hydrogen-bond donors (Lipinski definition) is 4. The number of rotatable bonds is 7. The molecule has 4 N–H and O–H groups in total. The number of nitrogens with zero attached hydrogens (tertiary/aromatic N) is 1. The Morgan fingerprint density at radius 3 is 2.57 bits per heavy atom. The summed E-state index contributed by atoms with van der Waals surface area (Å²) in [5.74, 6) is -1.47. The second-order valence-corrected chi connectivity index (χ2v) is 10.2. The molecule has 37 heavy (non-hydrogen) atoms. The van der Waals surface area contributed by atoms with E-state index in [0.717, 1.165) is 31.7 Å². The highest BCUT2D eigenvalue weighted by atomic mass is 31.2. The van der Waals surface area contributed by atoms with Gasteiger partial charge in [-0.05, 0) is 62.3 Å². The van der Waals surface area contributed by atoms with Crippen LogP contribution >= 0.6 is 7.60 Å². The Balaban J connectivity index is 1.90. The molecule has 12 heteroatoms. The van der Waals surface area contributed by atoms with Crippen LogP contribution in [0.25, 0.3) is 6.08 Å². The van der Waals surface area contributed by atoms with Gasteiger partial charge in [0.1, 0.15) is 17.1 Å². The van der Waals surface area contributed by atoms with Gasteiger partial charge in [0.25, 0.3) is 5.91 Å². The lowest BCUT2D eigenvalue weighted by atomic mass is 10.0. The Hall–Kier alpha value is -3.11. The lowest BCUT2D eigenvalue weighted by molar-refractivity contribution is -0.139. The summed E-state index contributed by atoms with van der Waals surface area (Å²) in [6.45, 7) is 1.29. The normalized spacial score (nSPS) is 18.7. The topological polar surface area (TPSA) is 155 Å². The molecule has 0 atom stereocenters. The number of carbonyl (C=O) groups excluding carboxylic acids is 2. The van der Waals surface area contributed by atoms with Gasteiger partial charge in [0.2, 0.25) is 0 Å². The molecule has 202 valence electrons. The number of benzene rings is 1. The van der Waals surface area contributed by atoms with Crippen molar-refractivity contribution in [2.75, 3.05) is 32.7 Å². The highest BCUT2D eigenvalue weighted by Crippen LogP contribution is 2.37. The second-order valence-electron chi connectivity index (χ2n) is 8.65. The summed E-state index contributed by atoms with van der Waals surface area (Å²) < 4.78 is 21.9. The van der Waals surface area contributed by atoms with Crippen LogP contribution in [0.4, 0.5) is 0 Å². The number of allylic oxidation sites excluding steroid dienone is 3. The van der Waals surface area contributed by atoms with E-state index in [0.29, 0.717) is 31.6 Å². The van der Waals surface area contributed by atoms with E-state index in [1.54, 1.807) is 11.0 Å². The van der Waals surface area contributed by atoms with Crippen molar-refractivity contribution < 1.29 is 43.4 Å². The van der Waals surface area contributed by atoms with Crippen LogP contribution in [0.3, 0.4) is 0 Å². The molecular formula is C25H33N2O9P. The Morgan fingerprint density at radius 1 is 1.08 bits per heavy atom. The van der Waals surface area contributed by atoms with Gasteiger partial charge in [-0.15, -0.1) is 0 Å². The summed E-state index contributed by atoms with van der Waals surface area (Å²) in [7, 11) is -4.57. The molecule has 0 unspecified atom stereocenters. The molecule has 3 rings (SSSR count). The summed E-state index contributed by atoms with van der Waals surface area (Å²) in [5.41, 5.74) is 3.14. The van der Waals surface area contributed by atoms with Crippen molar-refractivity contribution in [2.24, 2.45) is 0 Å². The molecule has 0 radical (unpaired) electrons. The fourth-order valence-electron chi connectivity index (χ4n) is 3.85. The lowest BCUT2D eigenvalue weighted by Crippen LogP contribution is -2.39. The van der Waals surface area contributed by atoms with E-state index in [2.05, 4.69) is 5.48 Å². The average molecular weight is 537 g/mol. The number of phenols is 1. The van der Waals surface area contributed by atoms with Gasteiger partial charge in [0.15, 0.2) is 13.0 Å². The number of hydrogen-bond acceptors (Lipinski definition) is 8. The zero-order chi connectivity index (χ0) is 26.7. The van der Waals surface area contributed by atoms with Crippen LogP contribution < -0.4 is 10.2 Å². The molecule has 11 nitrogen and oxygen atoms in total. The number of phenolic OH excluding ortho intramolecular Hbond substituents is 1. The quantitative estimate of drug-likeness (QED) is 0.177. The van der Waals surface area contributed by atoms with Gasteiger partial charge in [-0.25, -0.2) is 4.79 Å². The molecule has 0 saturated carbocycles. The van der Waals surface area contributed by atoms with Gasteiger partial charge in [-0.3, -0.25) is 19.7 Å². The van der Waals surface area contributed by atoms with Gasteiger partial charge in [-0.2, -0.15) is 0 Å². The third-order valence-electron chi connectivity index (χ3n) is 5.60. The smallest absolute Gasteiger partial charge is 0.362 e. The fraction of sp³-hybridized carbons (Fsp3) is 0.440. The number of amides is 1. The first-order valence-electron chi connectivity index (χ1n) is 12.1. The minimum absolute atomic E-state index is 0.0833. The van der Waals surface area contributed by atoms with Gasteiger partial charge < -0.3 is 29.3 Å².